The minimum Gasteiger partial charge on any atom is -0.508 e. The molecule has 0 unspecified atom stereocenters. The molecule has 1 aliphatic heterocycles. The topological polar surface area (TPSA) is 119 Å². The van der Waals surface area contributed by atoms with Crippen molar-refractivity contribution in [1.82, 2.24) is 10.2 Å². The van der Waals surface area contributed by atoms with Crippen molar-refractivity contribution < 1.29 is 5.11 Å². The molecule has 5 rings (SSSR count). The Morgan fingerprint density at radius 2 is 1.71 bits per heavy atom. The van der Waals surface area contributed by atoms with Crippen molar-refractivity contribution in [2.24, 2.45) is 11.3 Å². The Labute approximate surface area is 226 Å². The molecule has 0 saturated heterocycles. The van der Waals surface area contributed by atoms with E-state index in [4.69, 9.17) is 12.2 Å². The van der Waals surface area contributed by atoms with E-state index in [-0.39, 0.29) is 28.0 Å². The summed E-state index contributed by atoms with van der Waals surface area (Å²) in [6.45, 7) is 1.12. The van der Waals surface area contributed by atoms with Gasteiger partial charge in [0, 0.05) is 36.2 Å². The molecule has 2 aliphatic rings. The zero-order valence-corrected chi connectivity index (χ0v) is 21.5. The molecule has 3 N–H and O–H groups in total. The standard InChI is InChI=1S/C30H24N6OS/c1-36-14-13-22-23(15-31)28(35-29(38)34-20-8-3-2-4-9-20)30(17-32,18-33)27(24(22)16-36)26-21-10-6-5-7-19(21)11-12-25(26)37/h2-13,24,27,37H,14,16H2,1H3,(H2,34,35,38)/t24-,27+/m0/s1. The highest BCUT2D eigenvalue weighted by atomic mass is 32.1. The van der Waals surface area contributed by atoms with Crippen LogP contribution in [0.5, 0.6) is 5.75 Å². The van der Waals surface area contributed by atoms with Gasteiger partial charge in [0.05, 0.1) is 23.4 Å². The van der Waals surface area contributed by atoms with Crippen LogP contribution in [0.15, 0.2) is 89.6 Å². The van der Waals surface area contributed by atoms with E-state index in [2.05, 4.69) is 33.7 Å². The number of nitriles is 3. The van der Waals surface area contributed by atoms with Crippen molar-refractivity contribution in [2.75, 3.05) is 25.5 Å². The Morgan fingerprint density at radius 3 is 2.42 bits per heavy atom. The summed E-state index contributed by atoms with van der Waals surface area (Å²) in [5.41, 5.74) is 0.501. The third-order valence-electron chi connectivity index (χ3n) is 7.33. The highest BCUT2D eigenvalue weighted by Gasteiger charge is 2.56. The van der Waals surface area contributed by atoms with E-state index in [9.17, 15) is 20.9 Å². The number of nitrogens with one attached hydrogen (secondary N) is 2. The van der Waals surface area contributed by atoms with Gasteiger partial charge >= 0.3 is 0 Å². The fourth-order valence-corrected chi connectivity index (χ4v) is 5.89. The van der Waals surface area contributed by atoms with E-state index < -0.39 is 11.3 Å². The number of hydrogen-bond donors (Lipinski definition) is 3. The Kier molecular flexibility index (Phi) is 6.57. The normalized spacial score (nSPS) is 20.3. The molecule has 8 heteroatoms. The summed E-state index contributed by atoms with van der Waals surface area (Å²) in [6.07, 6.45) is 1.97. The zero-order chi connectivity index (χ0) is 26.9. The molecule has 38 heavy (non-hydrogen) atoms. The highest BCUT2D eigenvalue weighted by molar-refractivity contribution is 7.80. The summed E-state index contributed by atoms with van der Waals surface area (Å²) in [5.74, 6) is -1.17. The first-order chi connectivity index (χ1) is 18.4. The maximum atomic E-state index is 11.2. The van der Waals surface area contributed by atoms with Crippen molar-refractivity contribution in [3.63, 3.8) is 0 Å². The van der Waals surface area contributed by atoms with Crippen molar-refractivity contribution in [3.05, 3.63) is 95.2 Å². The lowest BCUT2D eigenvalue weighted by atomic mass is 9.57. The Morgan fingerprint density at radius 1 is 1.00 bits per heavy atom. The fourth-order valence-electron chi connectivity index (χ4n) is 5.67. The molecule has 3 aromatic rings. The van der Waals surface area contributed by atoms with Gasteiger partial charge in [-0.25, -0.2) is 0 Å². The third-order valence-corrected chi connectivity index (χ3v) is 7.53. The molecule has 0 bridgehead atoms. The zero-order valence-electron chi connectivity index (χ0n) is 20.6. The number of para-hydroxylation sites is 1. The molecule has 0 spiro atoms. The van der Waals surface area contributed by atoms with Crippen LogP contribution >= 0.6 is 12.2 Å². The molecule has 0 aromatic heterocycles. The van der Waals surface area contributed by atoms with E-state index in [0.717, 1.165) is 22.0 Å². The fraction of sp³-hybridized carbons (Fsp3) is 0.200. The van der Waals surface area contributed by atoms with Crippen LogP contribution < -0.4 is 10.6 Å². The van der Waals surface area contributed by atoms with Gasteiger partial charge in [-0.2, -0.15) is 15.8 Å². The number of benzene rings is 3. The third kappa shape index (κ3) is 4.05. The highest BCUT2D eigenvalue weighted by Crippen LogP contribution is 2.57. The first-order valence-electron chi connectivity index (χ1n) is 12.1. The van der Waals surface area contributed by atoms with Gasteiger partial charge < -0.3 is 20.6 Å². The molecular weight excluding hydrogens is 492 g/mol. The number of aromatic hydroxyl groups is 1. The van der Waals surface area contributed by atoms with Crippen LogP contribution in [-0.4, -0.2) is 35.3 Å². The minimum atomic E-state index is -1.84. The molecule has 1 aliphatic carbocycles. The number of rotatable bonds is 3. The Bertz CT molecular complexity index is 1610. The van der Waals surface area contributed by atoms with Crippen molar-refractivity contribution >= 4 is 33.8 Å². The lowest BCUT2D eigenvalue weighted by molar-refractivity contribution is 0.234. The number of anilines is 1. The average molecular weight is 517 g/mol. The summed E-state index contributed by atoms with van der Waals surface area (Å²) in [4.78, 5) is 2.08. The van der Waals surface area contributed by atoms with Crippen molar-refractivity contribution in [2.45, 2.75) is 5.92 Å². The number of allylic oxidation sites excluding steroid dienone is 2. The van der Waals surface area contributed by atoms with Gasteiger partial charge in [0.15, 0.2) is 10.5 Å². The number of phenolic OH excluding ortho intramolecular Hbond substituents is 1. The number of phenols is 1. The van der Waals surface area contributed by atoms with E-state index in [1.54, 1.807) is 6.07 Å². The van der Waals surface area contributed by atoms with E-state index in [0.29, 0.717) is 18.7 Å². The van der Waals surface area contributed by atoms with Crippen LogP contribution in [-0.2, 0) is 0 Å². The summed E-state index contributed by atoms with van der Waals surface area (Å²) >= 11 is 5.58. The van der Waals surface area contributed by atoms with Crippen LogP contribution in [0.25, 0.3) is 10.8 Å². The molecule has 0 fully saturated rings. The van der Waals surface area contributed by atoms with Crippen LogP contribution in [0.1, 0.15) is 11.5 Å². The quantitative estimate of drug-likeness (QED) is 0.420. The smallest absolute Gasteiger partial charge is 0.192 e. The predicted octanol–water partition coefficient (Wildman–Crippen LogP) is 4.93. The van der Waals surface area contributed by atoms with Gasteiger partial charge in [-0.15, -0.1) is 0 Å². The second-order valence-corrected chi connectivity index (χ2v) is 9.93. The molecule has 2 atom stereocenters. The van der Waals surface area contributed by atoms with Crippen LogP contribution in [0.4, 0.5) is 5.69 Å². The summed E-state index contributed by atoms with van der Waals surface area (Å²) in [6, 6.07) is 27.1. The number of hydrogen-bond acceptors (Lipinski definition) is 6. The Hall–Kier alpha value is -4.68. The van der Waals surface area contributed by atoms with Crippen LogP contribution in [0, 0.1) is 45.3 Å². The molecule has 186 valence electrons. The molecule has 3 aromatic carbocycles. The van der Waals surface area contributed by atoms with Crippen LogP contribution in [0.3, 0.4) is 0 Å². The van der Waals surface area contributed by atoms with Gasteiger partial charge in [0.1, 0.15) is 11.8 Å². The predicted molar refractivity (Wildman–Crippen MR) is 150 cm³/mol. The van der Waals surface area contributed by atoms with Gasteiger partial charge in [-0.1, -0.05) is 54.6 Å². The van der Waals surface area contributed by atoms with Gasteiger partial charge in [0.25, 0.3) is 0 Å². The van der Waals surface area contributed by atoms with Gasteiger partial charge in [-0.05, 0) is 53.8 Å². The number of nitrogens with zero attached hydrogens (tertiary/aromatic N) is 4. The maximum Gasteiger partial charge on any atom is 0.192 e. The molecule has 0 saturated carbocycles. The van der Waals surface area contributed by atoms with Gasteiger partial charge in [-0.3, -0.25) is 0 Å². The second-order valence-electron chi connectivity index (χ2n) is 9.52. The largest absolute Gasteiger partial charge is 0.508 e. The first-order valence-corrected chi connectivity index (χ1v) is 12.5. The van der Waals surface area contributed by atoms with Crippen molar-refractivity contribution in [3.8, 4) is 24.0 Å². The maximum absolute atomic E-state index is 11.2. The van der Waals surface area contributed by atoms with Crippen LogP contribution in [0.2, 0.25) is 0 Å². The lowest BCUT2D eigenvalue weighted by Crippen LogP contribution is -2.49. The SMILES string of the molecule is CN1CC=C2C(C#N)=C(NC(=S)Nc3ccccc3)C(C#N)(C#N)[C@@H](c3c(O)ccc4ccccc34)[C@H]2C1. The van der Waals surface area contributed by atoms with E-state index in [1.807, 2.05) is 73.8 Å². The van der Waals surface area contributed by atoms with E-state index >= 15 is 0 Å². The number of likely N-dealkylation sites (N-methyl/N-ethyl adjacent to an activating group) is 1. The summed E-state index contributed by atoms with van der Waals surface area (Å²) in [5, 5.41) is 51.0. The molecule has 1 heterocycles. The second kappa shape index (κ2) is 10.00. The molecule has 0 radical (unpaired) electrons. The number of fused-ring (bicyclic) bond motifs is 2. The molecule has 0 amide bonds. The average Bonchev–Trinajstić information content (AvgIpc) is 2.93. The summed E-state index contributed by atoms with van der Waals surface area (Å²) in [7, 11) is 1.95. The molecule has 7 nitrogen and oxygen atoms in total. The minimum absolute atomic E-state index is 0.000830. The monoisotopic (exact) mass is 516 g/mol. The lowest BCUT2D eigenvalue weighted by Gasteiger charge is -2.46. The van der Waals surface area contributed by atoms with E-state index in [1.165, 1.54) is 0 Å². The van der Waals surface area contributed by atoms with Gasteiger partial charge in [0.2, 0.25) is 0 Å². The van der Waals surface area contributed by atoms with Crippen molar-refractivity contribution in [1.29, 1.82) is 15.8 Å². The molecular formula is C30H24N6OS. The Balaban J connectivity index is 1.76. The summed E-state index contributed by atoms with van der Waals surface area (Å²) < 4.78 is 0. The first kappa shape index (κ1) is 25.0. The number of thiocarbonyl (C=S) groups is 1.